The van der Waals surface area contributed by atoms with Gasteiger partial charge in [0.05, 0.1) is 11.0 Å². The summed E-state index contributed by atoms with van der Waals surface area (Å²) in [4.78, 5) is 18.1. The minimum Gasteiger partial charge on any atom is -0.385 e. The maximum atomic E-state index is 11.5. The Morgan fingerprint density at radius 3 is 2.63 bits per heavy atom. The lowest BCUT2D eigenvalue weighted by molar-refractivity contribution is 0.411. The number of H-pyrrole nitrogens is 1. The van der Waals surface area contributed by atoms with E-state index >= 15 is 0 Å². The van der Waals surface area contributed by atoms with Crippen molar-refractivity contribution in [2.45, 2.75) is 26.3 Å². The first-order valence-corrected chi connectivity index (χ1v) is 6.18. The molecule has 2 aromatic heterocycles. The van der Waals surface area contributed by atoms with Crippen molar-refractivity contribution in [1.82, 2.24) is 14.5 Å². The number of nitrogens with zero attached hydrogens (tertiary/aromatic N) is 2. The standard InChI is InChI=1S/C14H16N4O/c1-14(2,3)18-7-6-8-10(18)5-4-9-11(8)16-13(19)17-12(9)15/h4-7H,1-3H3,(H3,15,16,17,19). The van der Waals surface area contributed by atoms with Crippen LogP contribution in [-0.4, -0.2) is 14.5 Å². The third kappa shape index (κ3) is 1.69. The minimum atomic E-state index is -0.416. The number of anilines is 1. The molecule has 3 N–H and O–H groups in total. The summed E-state index contributed by atoms with van der Waals surface area (Å²) in [5.41, 5.74) is 7.10. The van der Waals surface area contributed by atoms with Crippen LogP contribution in [0.15, 0.2) is 29.2 Å². The Labute approximate surface area is 110 Å². The summed E-state index contributed by atoms with van der Waals surface area (Å²) in [6.07, 6.45) is 2.02. The third-order valence-corrected chi connectivity index (χ3v) is 3.31. The second-order valence-electron chi connectivity index (χ2n) is 5.71. The monoisotopic (exact) mass is 256 g/mol. The Balaban J connectivity index is 2.49. The number of nitrogens with two attached hydrogens (primary N) is 1. The SMILES string of the molecule is CC(C)(C)n1ccc2c3nc(=O)[nH]c(N)c3ccc21. The third-order valence-electron chi connectivity index (χ3n) is 3.31. The van der Waals surface area contributed by atoms with Gasteiger partial charge in [0.2, 0.25) is 0 Å². The van der Waals surface area contributed by atoms with Crippen molar-refractivity contribution >= 4 is 27.6 Å². The lowest BCUT2D eigenvalue weighted by Crippen LogP contribution is -2.20. The van der Waals surface area contributed by atoms with Crippen molar-refractivity contribution in [1.29, 1.82) is 0 Å². The zero-order valence-electron chi connectivity index (χ0n) is 11.2. The van der Waals surface area contributed by atoms with Gasteiger partial charge in [-0.1, -0.05) is 0 Å². The average molecular weight is 256 g/mol. The van der Waals surface area contributed by atoms with Gasteiger partial charge >= 0.3 is 5.69 Å². The summed E-state index contributed by atoms with van der Waals surface area (Å²) < 4.78 is 2.17. The van der Waals surface area contributed by atoms with Crippen LogP contribution >= 0.6 is 0 Å². The molecule has 0 aliphatic carbocycles. The Morgan fingerprint density at radius 1 is 1.21 bits per heavy atom. The molecule has 98 valence electrons. The van der Waals surface area contributed by atoms with Gasteiger partial charge in [0.1, 0.15) is 5.82 Å². The highest BCUT2D eigenvalue weighted by Crippen LogP contribution is 2.29. The van der Waals surface area contributed by atoms with Gasteiger partial charge in [-0.2, -0.15) is 4.98 Å². The van der Waals surface area contributed by atoms with Crippen molar-refractivity contribution in [3.8, 4) is 0 Å². The van der Waals surface area contributed by atoms with Gasteiger partial charge in [-0.25, -0.2) is 4.79 Å². The summed E-state index contributed by atoms with van der Waals surface area (Å²) in [5, 5.41) is 1.73. The fourth-order valence-electron chi connectivity index (χ4n) is 2.44. The molecule has 3 aromatic rings. The Kier molecular flexibility index (Phi) is 2.23. The van der Waals surface area contributed by atoms with E-state index in [2.05, 4.69) is 35.3 Å². The number of nitrogens with one attached hydrogen (secondary N) is 1. The van der Waals surface area contributed by atoms with Crippen LogP contribution in [0.2, 0.25) is 0 Å². The van der Waals surface area contributed by atoms with Crippen LogP contribution < -0.4 is 11.4 Å². The maximum Gasteiger partial charge on any atom is 0.347 e. The van der Waals surface area contributed by atoms with Crippen LogP contribution in [-0.2, 0) is 5.54 Å². The molecule has 0 spiro atoms. The van der Waals surface area contributed by atoms with Crippen molar-refractivity contribution in [3.63, 3.8) is 0 Å². The second kappa shape index (κ2) is 3.60. The molecule has 0 unspecified atom stereocenters. The molecular formula is C14H16N4O. The number of hydrogen-bond acceptors (Lipinski definition) is 3. The molecule has 0 saturated carbocycles. The molecule has 0 fully saturated rings. The smallest absolute Gasteiger partial charge is 0.347 e. The molecule has 5 nitrogen and oxygen atoms in total. The van der Waals surface area contributed by atoms with Crippen LogP contribution in [0.25, 0.3) is 21.8 Å². The summed E-state index contributed by atoms with van der Waals surface area (Å²) >= 11 is 0. The van der Waals surface area contributed by atoms with E-state index in [4.69, 9.17) is 5.73 Å². The molecule has 0 bridgehead atoms. The van der Waals surface area contributed by atoms with Crippen LogP contribution in [0.4, 0.5) is 5.82 Å². The van der Waals surface area contributed by atoms with E-state index in [0.29, 0.717) is 11.3 Å². The number of rotatable bonds is 0. The normalized spacial score (nSPS) is 12.4. The zero-order chi connectivity index (χ0) is 13.8. The van der Waals surface area contributed by atoms with E-state index in [1.165, 1.54) is 0 Å². The number of fused-ring (bicyclic) bond motifs is 3. The number of benzene rings is 1. The van der Waals surface area contributed by atoms with E-state index in [1.807, 2.05) is 24.4 Å². The predicted octanol–water partition coefficient (Wildman–Crippen LogP) is 2.21. The highest BCUT2D eigenvalue weighted by Gasteiger charge is 2.17. The fourth-order valence-corrected chi connectivity index (χ4v) is 2.44. The average Bonchev–Trinajstić information content (AvgIpc) is 2.72. The van der Waals surface area contributed by atoms with Crippen LogP contribution in [0, 0.1) is 0 Å². The molecule has 0 atom stereocenters. The van der Waals surface area contributed by atoms with Crippen LogP contribution in [0.3, 0.4) is 0 Å². The van der Waals surface area contributed by atoms with E-state index in [-0.39, 0.29) is 5.54 Å². The van der Waals surface area contributed by atoms with E-state index in [1.54, 1.807) is 0 Å². The van der Waals surface area contributed by atoms with Crippen molar-refractivity contribution in [3.05, 3.63) is 34.9 Å². The molecule has 0 radical (unpaired) electrons. The summed E-state index contributed by atoms with van der Waals surface area (Å²) in [5.74, 6) is 0.361. The highest BCUT2D eigenvalue weighted by atomic mass is 16.1. The largest absolute Gasteiger partial charge is 0.385 e. The lowest BCUT2D eigenvalue weighted by Gasteiger charge is -2.22. The zero-order valence-corrected chi connectivity index (χ0v) is 11.2. The summed E-state index contributed by atoms with van der Waals surface area (Å²) in [7, 11) is 0. The Bertz CT molecular complexity index is 836. The summed E-state index contributed by atoms with van der Waals surface area (Å²) in [6.45, 7) is 6.41. The van der Waals surface area contributed by atoms with Crippen LogP contribution in [0.5, 0.6) is 0 Å². The Hall–Kier alpha value is -2.30. The topological polar surface area (TPSA) is 76.7 Å². The molecule has 19 heavy (non-hydrogen) atoms. The molecule has 1 aromatic carbocycles. The minimum absolute atomic E-state index is 0.0256. The molecule has 2 heterocycles. The van der Waals surface area contributed by atoms with Crippen molar-refractivity contribution in [2.75, 3.05) is 5.73 Å². The first-order chi connectivity index (χ1) is 8.88. The maximum absolute atomic E-state index is 11.5. The first kappa shape index (κ1) is 11.8. The first-order valence-electron chi connectivity index (χ1n) is 6.18. The van der Waals surface area contributed by atoms with Gasteiger partial charge < -0.3 is 10.3 Å². The predicted molar refractivity (Wildman–Crippen MR) is 77.3 cm³/mol. The van der Waals surface area contributed by atoms with E-state index in [0.717, 1.165) is 16.3 Å². The Morgan fingerprint density at radius 2 is 1.95 bits per heavy atom. The van der Waals surface area contributed by atoms with Gasteiger partial charge in [-0.05, 0) is 39.0 Å². The van der Waals surface area contributed by atoms with Crippen molar-refractivity contribution < 1.29 is 0 Å². The van der Waals surface area contributed by atoms with Gasteiger partial charge in [0.15, 0.2) is 0 Å². The quantitative estimate of drug-likeness (QED) is 0.647. The molecule has 0 aliphatic heterocycles. The lowest BCUT2D eigenvalue weighted by atomic mass is 10.1. The fraction of sp³-hybridized carbons (Fsp3) is 0.286. The molecule has 0 aliphatic rings. The number of nitrogen functional groups attached to an aromatic ring is 1. The number of aromatic nitrogens is 3. The molecule has 0 amide bonds. The van der Waals surface area contributed by atoms with Crippen LogP contribution in [0.1, 0.15) is 20.8 Å². The molecule has 3 rings (SSSR count). The number of hydrogen-bond donors (Lipinski definition) is 2. The van der Waals surface area contributed by atoms with Gasteiger partial charge in [-0.3, -0.25) is 4.98 Å². The molecular weight excluding hydrogens is 240 g/mol. The van der Waals surface area contributed by atoms with E-state index < -0.39 is 5.69 Å². The number of aromatic amines is 1. The van der Waals surface area contributed by atoms with Gasteiger partial charge in [0.25, 0.3) is 0 Å². The highest BCUT2D eigenvalue weighted by molar-refractivity contribution is 6.07. The van der Waals surface area contributed by atoms with Gasteiger partial charge in [0, 0.05) is 22.5 Å². The second-order valence-corrected chi connectivity index (χ2v) is 5.71. The molecule has 5 heteroatoms. The van der Waals surface area contributed by atoms with Crippen molar-refractivity contribution in [2.24, 2.45) is 0 Å². The van der Waals surface area contributed by atoms with Gasteiger partial charge in [-0.15, -0.1) is 0 Å². The summed E-state index contributed by atoms with van der Waals surface area (Å²) in [6, 6.07) is 5.90. The van der Waals surface area contributed by atoms with E-state index in [9.17, 15) is 4.79 Å². The molecule has 0 saturated heterocycles.